The van der Waals surface area contributed by atoms with Crippen molar-refractivity contribution in [3.63, 3.8) is 0 Å². The van der Waals surface area contributed by atoms with Gasteiger partial charge in [-0.3, -0.25) is 4.79 Å². The maximum atomic E-state index is 12.4. The highest BCUT2D eigenvalue weighted by atomic mass is 16.4. The summed E-state index contributed by atoms with van der Waals surface area (Å²) in [6.45, 7) is 3.34. The fourth-order valence-electron chi connectivity index (χ4n) is 2.76. The minimum atomic E-state index is -0.960. The zero-order valence-corrected chi connectivity index (χ0v) is 12.0. The van der Waals surface area contributed by atoms with Crippen LogP contribution in [0.4, 0.5) is 4.79 Å². The first-order chi connectivity index (χ1) is 9.47. The number of carbonyl (C=O) groups is 2. The lowest BCUT2D eigenvalue weighted by Crippen LogP contribution is -2.49. The molecule has 2 fully saturated rings. The molecule has 114 valence electrons. The Bertz CT molecular complexity index is 360. The van der Waals surface area contributed by atoms with Crippen molar-refractivity contribution in [1.82, 2.24) is 9.80 Å². The number of amides is 2. The molecule has 1 aliphatic heterocycles. The van der Waals surface area contributed by atoms with Crippen molar-refractivity contribution in [2.24, 2.45) is 11.8 Å². The predicted octanol–water partition coefficient (Wildman–Crippen LogP) is 0.996. The Labute approximate surface area is 119 Å². The molecule has 0 spiro atoms. The lowest BCUT2D eigenvalue weighted by Gasteiger charge is -2.36. The second-order valence-corrected chi connectivity index (χ2v) is 6.07. The summed E-state index contributed by atoms with van der Waals surface area (Å²) in [6.07, 6.45) is 3.41. The highest BCUT2D eigenvalue weighted by Crippen LogP contribution is 2.30. The Morgan fingerprint density at radius 3 is 2.30 bits per heavy atom. The molecule has 1 aliphatic carbocycles. The molecule has 1 unspecified atom stereocenters. The van der Waals surface area contributed by atoms with Gasteiger partial charge in [0.25, 0.3) is 0 Å². The van der Waals surface area contributed by atoms with Crippen molar-refractivity contribution in [2.45, 2.75) is 38.7 Å². The fourth-order valence-corrected chi connectivity index (χ4v) is 2.76. The second kappa shape index (κ2) is 6.43. The van der Waals surface area contributed by atoms with E-state index in [9.17, 15) is 14.7 Å². The van der Waals surface area contributed by atoms with Gasteiger partial charge in [0.2, 0.25) is 0 Å². The van der Waals surface area contributed by atoms with Gasteiger partial charge in [0, 0.05) is 19.6 Å². The lowest BCUT2D eigenvalue weighted by atomic mass is 9.92. The molecule has 0 aromatic heterocycles. The van der Waals surface area contributed by atoms with Gasteiger partial charge in [-0.05, 0) is 44.4 Å². The number of rotatable bonds is 5. The Morgan fingerprint density at radius 2 is 1.85 bits per heavy atom. The number of hydrogen-bond donors (Lipinski definition) is 2. The molecular formula is C14H24N2O4. The van der Waals surface area contributed by atoms with Crippen LogP contribution in [-0.2, 0) is 4.79 Å². The number of carboxylic acids is 1. The Balaban J connectivity index is 1.88. The summed E-state index contributed by atoms with van der Waals surface area (Å²) < 4.78 is 0. The van der Waals surface area contributed by atoms with E-state index in [2.05, 4.69) is 0 Å². The first-order valence-corrected chi connectivity index (χ1v) is 7.41. The predicted molar refractivity (Wildman–Crippen MR) is 73.3 cm³/mol. The van der Waals surface area contributed by atoms with E-state index in [4.69, 9.17) is 5.11 Å². The molecular weight excluding hydrogens is 260 g/mol. The second-order valence-electron chi connectivity index (χ2n) is 6.07. The van der Waals surface area contributed by atoms with E-state index >= 15 is 0 Å². The molecule has 1 atom stereocenters. The van der Waals surface area contributed by atoms with Gasteiger partial charge in [-0.25, -0.2) is 4.79 Å². The number of carboxylic acid groups (broad SMARTS) is 1. The highest BCUT2D eigenvalue weighted by molar-refractivity contribution is 5.80. The zero-order chi connectivity index (χ0) is 14.7. The molecule has 2 amide bonds. The van der Waals surface area contributed by atoms with E-state index in [1.165, 1.54) is 4.90 Å². The molecule has 2 rings (SSSR count). The van der Waals surface area contributed by atoms with Gasteiger partial charge in [0.05, 0.1) is 6.10 Å². The minimum absolute atomic E-state index is 0.164. The van der Waals surface area contributed by atoms with Crippen molar-refractivity contribution in [3.05, 3.63) is 0 Å². The molecule has 0 aromatic rings. The van der Waals surface area contributed by atoms with E-state index in [0.29, 0.717) is 25.6 Å². The number of carbonyl (C=O) groups excluding carboxylic acids is 1. The fraction of sp³-hybridized carbons (Fsp3) is 0.857. The van der Waals surface area contributed by atoms with E-state index in [0.717, 1.165) is 25.7 Å². The molecule has 1 saturated heterocycles. The molecule has 2 aliphatic rings. The third-order valence-corrected chi connectivity index (χ3v) is 4.26. The van der Waals surface area contributed by atoms with Crippen LogP contribution in [0.15, 0.2) is 0 Å². The zero-order valence-electron chi connectivity index (χ0n) is 12.0. The van der Waals surface area contributed by atoms with Crippen LogP contribution in [0.3, 0.4) is 0 Å². The smallest absolute Gasteiger partial charge is 0.323 e. The number of aliphatic hydroxyl groups excluding tert-OH is 1. The molecule has 6 heteroatoms. The number of aliphatic hydroxyl groups is 1. The van der Waals surface area contributed by atoms with Gasteiger partial charge >= 0.3 is 12.0 Å². The summed E-state index contributed by atoms with van der Waals surface area (Å²) >= 11 is 0. The summed E-state index contributed by atoms with van der Waals surface area (Å²) in [5.41, 5.74) is 0. The summed E-state index contributed by atoms with van der Waals surface area (Å²) in [7, 11) is 0. The maximum Gasteiger partial charge on any atom is 0.323 e. The van der Waals surface area contributed by atoms with Crippen molar-refractivity contribution >= 4 is 12.0 Å². The van der Waals surface area contributed by atoms with Crippen LogP contribution in [0.5, 0.6) is 0 Å². The van der Waals surface area contributed by atoms with Gasteiger partial charge in [-0.15, -0.1) is 0 Å². The van der Waals surface area contributed by atoms with Crippen molar-refractivity contribution < 1.29 is 19.8 Å². The standard InChI is InChI=1S/C14H24N2O4/c1-10(17)12-4-6-15(7-5-12)14(20)16(9-13(18)19)8-11-2-3-11/h10-12,17H,2-9H2,1H3,(H,18,19). The summed E-state index contributed by atoms with van der Waals surface area (Å²) in [4.78, 5) is 26.5. The summed E-state index contributed by atoms with van der Waals surface area (Å²) in [5, 5.41) is 18.5. The third-order valence-electron chi connectivity index (χ3n) is 4.26. The average molecular weight is 284 g/mol. The van der Waals surface area contributed by atoms with E-state index in [1.807, 2.05) is 0 Å². The number of urea groups is 1. The SMILES string of the molecule is CC(O)C1CCN(C(=O)N(CC(=O)O)CC2CC2)CC1. The molecule has 0 bridgehead atoms. The molecule has 0 aromatic carbocycles. The Hall–Kier alpha value is -1.30. The monoisotopic (exact) mass is 284 g/mol. The van der Waals surface area contributed by atoms with Crippen molar-refractivity contribution in [3.8, 4) is 0 Å². The molecule has 20 heavy (non-hydrogen) atoms. The van der Waals surface area contributed by atoms with Crippen LogP contribution in [0.25, 0.3) is 0 Å². The first kappa shape index (κ1) is 15.1. The number of hydrogen-bond acceptors (Lipinski definition) is 3. The number of nitrogens with zero attached hydrogens (tertiary/aromatic N) is 2. The summed E-state index contributed by atoms with van der Waals surface area (Å²) in [5.74, 6) is -0.235. The van der Waals surface area contributed by atoms with Crippen LogP contribution in [-0.4, -0.2) is 64.3 Å². The van der Waals surface area contributed by atoms with Crippen LogP contribution in [0.2, 0.25) is 0 Å². The number of piperidine rings is 1. The van der Waals surface area contributed by atoms with Gasteiger partial charge in [-0.2, -0.15) is 0 Å². The van der Waals surface area contributed by atoms with Gasteiger partial charge in [-0.1, -0.05) is 0 Å². The van der Waals surface area contributed by atoms with Gasteiger partial charge < -0.3 is 20.0 Å². The Morgan fingerprint density at radius 1 is 1.25 bits per heavy atom. The van der Waals surface area contributed by atoms with Gasteiger partial charge in [0.15, 0.2) is 0 Å². The lowest BCUT2D eigenvalue weighted by molar-refractivity contribution is -0.137. The molecule has 0 radical (unpaired) electrons. The molecule has 1 saturated carbocycles. The van der Waals surface area contributed by atoms with Crippen LogP contribution in [0, 0.1) is 11.8 Å². The quantitative estimate of drug-likeness (QED) is 0.789. The normalized spacial score (nSPS) is 21.6. The molecule has 1 heterocycles. The largest absolute Gasteiger partial charge is 0.480 e. The van der Waals surface area contributed by atoms with Crippen LogP contribution >= 0.6 is 0 Å². The minimum Gasteiger partial charge on any atom is -0.480 e. The number of aliphatic carboxylic acids is 1. The summed E-state index contributed by atoms with van der Waals surface area (Å²) in [6, 6.07) is -0.164. The Kier molecular flexibility index (Phi) is 4.86. The van der Waals surface area contributed by atoms with Crippen molar-refractivity contribution in [2.75, 3.05) is 26.2 Å². The molecule has 2 N–H and O–H groups in total. The van der Waals surface area contributed by atoms with Crippen LogP contribution in [0.1, 0.15) is 32.6 Å². The van der Waals surface area contributed by atoms with E-state index in [-0.39, 0.29) is 24.6 Å². The van der Waals surface area contributed by atoms with Crippen molar-refractivity contribution in [1.29, 1.82) is 0 Å². The third kappa shape index (κ3) is 4.10. The maximum absolute atomic E-state index is 12.4. The highest BCUT2D eigenvalue weighted by Gasteiger charge is 2.32. The topological polar surface area (TPSA) is 81.1 Å². The number of likely N-dealkylation sites (tertiary alicyclic amines) is 1. The van der Waals surface area contributed by atoms with Crippen LogP contribution < -0.4 is 0 Å². The molecule has 6 nitrogen and oxygen atoms in total. The van der Waals surface area contributed by atoms with E-state index < -0.39 is 5.97 Å². The average Bonchev–Trinajstić information content (AvgIpc) is 3.20. The first-order valence-electron chi connectivity index (χ1n) is 7.41. The van der Waals surface area contributed by atoms with E-state index in [1.54, 1.807) is 11.8 Å². The van der Waals surface area contributed by atoms with Gasteiger partial charge in [0.1, 0.15) is 6.54 Å².